The van der Waals surface area contributed by atoms with Crippen LogP contribution in [0.25, 0.3) is 0 Å². The summed E-state index contributed by atoms with van der Waals surface area (Å²) in [7, 11) is 0. The fourth-order valence-electron chi connectivity index (χ4n) is 2.79. The molecule has 3 nitrogen and oxygen atoms in total. The minimum atomic E-state index is 0.635. The van der Waals surface area contributed by atoms with Gasteiger partial charge in [0.15, 0.2) is 0 Å². The lowest BCUT2D eigenvalue weighted by Crippen LogP contribution is -2.41. The molecule has 1 fully saturated rings. The summed E-state index contributed by atoms with van der Waals surface area (Å²) in [6.07, 6.45) is 6.40. The highest BCUT2D eigenvalue weighted by Gasteiger charge is 2.29. The summed E-state index contributed by atoms with van der Waals surface area (Å²) in [6.45, 7) is 3.98. The van der Waals surface area contributed by atoms with Crippen LogP contribution in [0.4, 0.5) is 0 Å². The topological polar surface area (TPSA) is 29.9 Å². The van der Waals surface area contributed by atoms with E-state index in [-0.39, 0.29) is 0 Å². The quantitative estimate of drug-likeness (QED) is 0.914. The zero-order chi connectivity index (χ0) is 13.9. The monoisotopic (exact) mass is 289 g/mol. The number of hydrogen-bond acceptors (Lipinski definition) is 2. The third kappa shape index (κ3) is 3.22. The predicted molar refractivity (Wildman–Crippen MR) is 82.2 cm³/mol. The number of nitrogens with one attached hydrogen (secondary N) is 1. The van der Waals surface area contributed by atoms with Crippen LogP contribution in [0.3, 0.4) is 0 Å². The molecule has 0 radical (unpaired) electrons. The lowest BCUT2D eigenvalue weighted by atomic mass is 9.76. The Labute approximate surface area is 124 Å². The lowest BCUT2D eigenvalue weighted by Gasteiger charge is -2.36. The summed E-state index contributed by atoms with van der Waals surface area (Å²) < 4.78 is 2.00. The van der Waals surface area contributed by atoms with Crippen LogP contribution in [0.2, 0.25) is 5.02 Å². The number of benzene rings is 1. The molecule has 4 heteroatoms. The van der Waals surface area contributed by atoms with Crippen molar-refractivity contribution in [1.29, 1.82) is 0 Å². The molecule has 0 atom stereocenters. The Morgan fingerprint density at radius 3 is 2.95 bits per heavy atom. The number of aryl methyl sites for hydroxylation is 1. The van der Waals surface area contributed by atoms with Gasteiger partial charge in [-0.25, -0.2) is 0 Å². The SMILES string of the molecule is Cc1cnn(CCNC2CC(c3cccc(Cl)c3)C2)c1. The van der Waals surface area contributed by atoms with Gasteiger partial charge in [0.05, 0.1) is 12.7 Å². The van der Waals surface area contributed by atoms with Gasteiger partial charge in [-0.1, -0.05) is 23.7 Å². The molecule has 1 aromatic carbocycles. The van der Waals surface area contributed by atoms with E-state index in [9.17, 15) is 0 Å². The smallest absolute Gasteiger partial charge is 0.0534 e. The van der Waals surface area contributed by atoms with E-state index in [2.05, 4.69) is 35.7 Å². The van der Waals surface area contributed by atoms with E-state index in [1.54, 1.807) is 0 Å². The lowest BCUT2D eigenvalue weighted by molar-refractivity contribution is 0.286. The summed E-state index contributed by atoms with van der Waals surface area (Å²) >= 11 is 6.03. The van der Waals surface area contributed by atoms with Gasteiger partial charge < -0.3 is 5.32 Å². The molecular weight excluding hydrogens is 270 g/mol. The third-order valence-electron chi connectivity index (χ3n) is 3.99. The van der Waals surface area contributed by atoms with Crippen molar-refractivity contribution in [2.24, 2.45) is 0 Å². The number of aromatic nitrogens is 2. The maximum atomic E-state index is 6.03. The highest BCUT2D eigenvalue weighted by atomic mass is 35.5. The third-order valence-corrected chi connectivity index (χ3v) is 4.23. The average molecular weight is 290 g/mol. The van der Waals surface area contributed by atoms with Crippen molar-refractivity contribution in [3.63, 3.8) is 0 Å². The van der Waals surface area contributed by atoms with Crippen LogP contribution in [-0.4, -0.2) is 22.4 Å². The molecule has 0 spiro atoms. The van der Waals surface area contributed by atoms with Gasteiger partial charge in [0.1, 0.15) is 0 Å². The standard InChI is InChI=1S/C16H20ClN3/c1-12-10-19-20(11-12)6-5-18-16-8-14(9-16)13-3-2-4-15(17)7-13/h2-4,7,10-11,14,16,18H,5-6,8-9H2,1H3. The molecule has 0 saturated heterocycles. The van der Waals surface area contributed by atoms with E-state index in [1.807, 2.05) is 23.0 Å². The van der Waals surface area contributed by atoms with Crippen LogP contribution < -0.4 is 5.32 Å². The van der Waals surface area contributed by atoms with E-state index in [0.717, 1.165) is 18.1 Å². The largest absolute Gasteiger partial charge is 0.312 e. The molecule has 106 valence electrons. The molecule has 1 aliphatic rings. The van der Waals surface area contributed by atoms with Crippen molar-refractivity contribution in [3.8, 4) is 0 Å². The molecule has 0 aliphatic heterocycles. The number of rotatable bonds is 5. The first-order chi connectivity index (χ1) is 9.70. The predicted octanol–water partition coefficient (Wildman–Crippen LogP) is 3.38. The molecule has 3 rings (SSSR count). The van der Waals surface area contributed by atoms with Gasteiger partial charge in [-0.15, -0.1) is 0 Å². The first-order valence-electron chi connectivity index (χ1n) is 7.18. The highest BCUT2D eigenvalue weighted by Crippen LogP contribution is 2.37. The molecule has 0 unspecified atom stereocenters. The van der Waals surface area contributed by atoms with Gasteiger partial charge in [0.2, 0.25) is 0 Å². The Hall–Kier alpha value is -1.32. The number of nitrogens with zero attached hydrogens (tertiary/aromatic N) is 2. The van der Waals surface area contributed by atoms with Crippen molar-refractivity contribution in [2.45, 2.75) is 38.3 Å². The zero-order valence-corrected chi connectivity index (χ0v) is 12.5. The van der Waals surface area contributed by atoms with Crippen molar-refractivity contribution >= 4 is 11.6 Å². The molecule has 20 heavy (non-hydrogen) atoms. The summed E-state index contributed by atoms with van der Waals surface area (Å²) in [5.41, 5.74) is 2.59. The van der Waals surface area contributed by atoms with Gasteiger partial charge in [0.25, 0.3) is 0 Å². The molecule has 1 saturated carbocycles. The summed E-state index contributed by atoms with van der Waals surface area (Å²) in [6, 6.07) is 8.88. The van der Waals surface area contributed by atoms with Crippen molar-refractivity contribution in [3.05, 3.63) is 52.8 Å². The minimum Gasteiger partial charge on any atom is -0.312 e. The fourth-order valence-corrected chi connectivity index (χ4v) is 2.99. The molecular formula is C16H20ClN3. The van der Waals surface area contributed by atoms with Crippen LogP contribution in [0.1, 0.15) is 29.9 Å². The van der Waals surface area contributed by atoms with Gasteiger partial charge in [0, 0.05) is 23.8 Å². The molecule has 1 aromatic heterocycles. The zero-order valence-electron chi connectivity index (χ0n) is 11.7. The van der Waals surface area contributed by atoms with E-state index >= 15 is 0 Å². The maximum Gasteiger partial charge on any atom is 0.0534 e. The summed E-state index contributed by atoms with van der Waals surface area (Å²) in [5, 5.41) is 8.73. The highest BCUT2D eigenvalue weighted by molar-refractivity contribution is 6.30. The summed E-state index contributed by atoms with van der Waals surface area (Å²) in [5.74, 6) is 0.665. The normalized spacial score (nSPS) is 21.7. The van der Waals surface area contributed by atoms with Gasteiger partial charge >= 0.3 is 0 Å². The number of hydrogen-bond donors (Lipinski definition) is 1. The Balaban J connectivity index is 1.40. The molecule has 1 aliphatic carbocycles. The first-order valence-corrected chi connectivity index (χ1v) is 7.56. The van der Waals surface area contributed by atoms with Crippen LogP contribution in [0, 0.1) is 6.92 Å². The van der Waals surface area contributed by atoms with Crippen molar-refractivity contribution in [2.75, 3.05) is 6.54 Å². The second-order valence-electron chi connectivity index (χ2n) is 5.66. The second-order valence-corrected chi connectivity index (χ2v) is 6.09. The maximum absolute atomic E-state index is 6.03. The van der Waals surface area contributed by atoms with Crippen molar-refractivity contribution < 1.29 is 0 Å². The average Bonchev–Trinajstić information content (AvgIpc) is 2.78. The molecule has 0 bridgehead atoms. The van der Waals surface area contributed by atoms with Crippen LogP contribution >= 0.6 is 11.6 Å². The van der Waals surface area contributed by atoms with E-state index in [4.69, 9.17) is 11.6 Å². The van der Waals surface area contributed by atoms with E-state index in [1.165, 1.54) is 24.0 Å². The fraction of sp³-hybridized carbons (Fsp3) is 0.438. The molecule has 1 N–H and O–H groups in total. The van der Waals surface area contributed by atoms with Crippen LogP contribution in [0.15, 0.2) is 36.7 Å². The Morgan fingerprint density at radius 2 is 2.25 bits per heavy atom. The van der Waals surface area contributed by atoms with Gasteiger partial charge in [-0.05, 0) is 48.9 Å². The Kier molecular flexibility index (Phi) is 4.08. The van der Waals surface area contributed by atoms with Crippen molar-refractivity contribution in [1.82, 2.24) is 15.1 Å². The Bertz CT molecular complexity index is 573. The first kappa shape index (κ1) is 13.7. The van der Waals surface area contributed by atoms with Crippen LogP contribution in [-0.2, 0) is 6.54 Å². The second kappa shape index (κ2) is 5.98. The van der Waals surface area contributed by atoms with Crippen LogP contribution in [0.5, 0.6) is 0 Å². The number of halogens is 1. The Morgan fingerprint density at radius 1 is 1.40 bits per heavy atom. The van der Waals surface area contributed by atoms with E-state index < -0.39 is 0 Å². The van der Waals surface area contributed by atoms with Gasteiger partial charge in [-0.3, -0.25) is 4.68 Å². The minimum absolute atomic E-state index is 0.635. The molecule has 1 heterocycles. The molecule has 2 aromatic rings. The molecule has 0 amide bonds. The summed E-state index contributed by atoms with van der Waals surface area (Å²) in [4.78, 5) is 0. The van der Waals surface area contributed by atoms with E-state index in [0.29, 0.717) is 12.0 Å². The van der Waals surface area contributed by atoms with Gasteiger partial charge in [-0.2, -0.15) is 5.10 Å².